The van der Waals surface area contributed by atoms with Gasteiger partial charge in [-0.05, 0) is 31.4 Å². The van der Waals surface area contributed by atoms with Crippen LogP contribution in [0.25, 0.3) is 10.8 Å². The molecule has 6 nitrogen and oxygen atoms in total. The van der Waals surface area contributed by atoms with Gasteiger partial charge in [0.2, 0.25) is 5.91 Å². The zero-order valence-electron chi connectivity index (χ0n) is 12.0. The van der Waals surface area contributed by atoms with Gasteiger partial charge in [-0.15, -0.1) is 11.3 Å². The minimum atomic E-state index is -0.376. The summed E-state index contributed by atoms with van der Waals surface area (Å²) in [5.41, 5.74) is 5.69. The van der Waals surface area contributed by atoms with Gasteiger partial charge in [0.15, 0.2) is 10.8 Å². The molecule has 0 aliphatic carbocycles. The molecule has 1 atom stereocenters. The zero-order valence-corrected chi connectivity index (χ0v) is 12.8. The van der Waals surface area contributed by atoms with E-state index in [4.69, 9.17) is 10.2 Å². The van der Waals surface area contributed by atoms with Gasteiger partial charge < -0.3 is 15.1 Å². The molecule has 22 heavy (non-hydrogen) atoms. The Labute approximate surface area is 131 Å². The number of likely N-dealkylation sites (tertiary alicyclic amines) is 1. The van der Waals surface area contributed by atoms with Crippen LogP contribution in [-0.4, -0.2) is 34.3 Å². The lowest BCUT2D eigenvalue weighted by atomic mass is 9.98. The van der Waals surface area contributed by atoms with Crippen LogP contribution in [0.3, 0.4) is 0 Å². The Bertz CT molecular complexity index is 665. The predicted molar refractivity (Wildman–Crippen MR) is 82.3 cm³/mol. The highest BCUT2D eigenvalue weighted by molar-refractivity contribution is 7.13. The molecule has 3 heterocycles. The molecule has 0 bridgehead atoms. The summed E-state index contributed by atoms with van der Waals surface area (Å²) in [6.07, 6.45) is 4.54. The summed E-state index contributed by atoms with van der Waals surface area (Å²) in [6, 6.07) is 3.47. The number of carbonyl (C=O) groups excluding carboxylic acids is 2. The largest absolute Gasteiger partial charge is 0.462 e. The molecular weight excluding hydrogens is 302 g/mol. The van der Waals surface area contributed by atoms with Crippen molar-refractivity contribution in [3.8, 4) is 10.8 Å². The van der Waals surface area contributed by atoms with Gasteiger partial charge in [0, 0.05) is 24.4 Å². The van der Waals surface area contributed by atoms with Crippen molar-refractivity contribution in [1.29, 1.82) is 0 Å². The van der Waals surface area contributed by atoms with Gasteiger partial charge in [-0.3, -0.25) is 9.59 Å². The van der Waals surface area contributed by atoms with E-state index in [1.807, 2.05) is 6.07 Å². The van der Waals surface area contributed by atoms with Gasteiger partial charge in [-0.25, -0.2) is 4.98 Å². The van der Waals surface area contributed by atoms with E-state index < -0.39 is 0 Å². The molecule has 1 fully saturated rings. The van der Waals surface area contributed by atoms with E-state index in [1.54, 1.807) is 22.6 Å². The Morgan fingerprint density at radius 2 is 2.32 bits per heavy atom. The number of nitrogens with two attached hydrogens (primary N) is 1. The summed E-state index contributed by atoms with van der Waals surface area (Å²) in [6.45, 7) is 0.643. The van der Waals surface area contributed by atoms with Crippen LogP contribution in [-0.2, 0) is 4.79 Å². The van der Waals surface area contributed by atoms with Crippen LogP contribution < -0.4 is 5.73 Å². The molecule has 0 spiro atoms. The number of amides is 2. The maximum absolute atomic E-state index is 12.7. The fourth-order valence-electron chi connectivity index (χ4n) is 2.74. The molecule has 3 rings (SSSR count). The summed E-state index contributed by atoms with van der Waals surface area (Å²) in [5.74, 6) is 0.135. The summed E-state index contributed by atoms with van der Waals surface area (Å²) in [7, 11) is 0. The van der Waals surface area contributed by atoms with E-state index in [0.717, 1.165) is 19.3 Å². The number of primary amides is 1. The van der Waals surface area contributed by atoms with Gasteiger partial charge in [0.05, 0.1) is 6.26 Å². The summed E-state index contributed by atoms with van der Waals surface area (Å²) in [5, 5.41) is 2.41. The molecule has 2 amide bonds. The van der Waals surface area contributed by atoms with Gasteiger partial charge >= 0.3 is 0 Å². The Hall–Kier alpha value is -2.15. The number of hydrogen-bond acceptors (Lipinski definition) is 5. The van der Waals surface area contributed by atoms with Crippen LogP contribution in [0.15, 0.2) is 28.2 Å². The van der Waals surface area contributed by atoms with Crippen molar-refractivity contribution < 1.29 is 14.0 Å². The van der Waals surface area contributed by atoms with Crippen molar-refractivity contribution in [2.75, 3.05) is 6.54 Å². The van der Waals surface area contributed by atoms with Crippen LogP contribution in [0.1, 0.15) is 36.2 Å². The molecule has 2 N–H and O–H groups in total. The monoisotopic (exact) mass is 319 g/mol. The van der Waals surface area contributed by atoms with Gasteiger partial charge in [-0.1, -0.05) is 0 Å². The van der Waals surface area contributed by atoms with Crippen LogP contribution in [0, 0.1) is 0 Å². The first-order valence-electron chi connectivity index (χ1n) is 7.24. The first kappa shape index (κ1) is 14.8. The Morgan fingerprint density at radius 3 is 3.05 bits per heavy atom. The lowest BCUT2D eigenvalue weighted by Gasteiger charge is -2.34. The second-order valence-electron chi connectivity index (χ2n) is 5.33. The maximum Gasteiger partial charge on any atom is 0.273 e. The van der Waals surface area contributed by atoms with Crippen molar-refractivity contribution in [3.63, 3.8) is 0 Å². The Kier molecular flexibility index (Phi) is 4.24. The molecule has 116 valence electrons. The fraction of sp³-hybridized carbons (Fsp3) is 0.400. The highest BCUT2D eigenvalue weighted by Crippen LogP contribution is 2.26. The number of piperidine rings is 1. The van der Waals surface area contributed by atoms with Gasteiger partial charge in [0.1, 0.15) is 5.69 Å². The normalized spacial score (nSPS) is 18.4. The minimum Gasteiger partial charge on any atom is -0.462 e. The van der Waals surface area contributed by atoms with E-state index in [-0.39, 0.29) is 24.3 Å². The molecule has 7 heteroatoms. The quantitative estimate of drug-likeness (QED) is 0.936. The van der Waals surface area contributed by atoms with E-state index in [1.165, 1.54) is 11.3 Å². The number of rotatable bonds is 4. The third-order valence-electron chi connectivity index (χ3n) is 3.78. The SMILES string of the molecule is NC(=O)C[C@@H]1CCCCN1C(=O)c1csc(-c2ccco2)n1. The molecule has 1 saturated heterocycles. The van der Waals surface area contributed by atoms with Crippen molar-refractivity contribution in [1.82, 2.24) is 9.88 Å². The lowest BCUT2D eigenvalue weighted by molar-refractivity contribution is -0.119. The van der Waals surface area contributed by atoms with E-state index in [0.29, 0.717) is 23.0 Å². The van der Waals surface area contributed by atoms with E-state index in [2.05, 4.69) is 4.98 Å². The predicted octanol–water partition coefficient (Wildman–Crippen LogP) is 2.27. The summed E-state index contributed by atoms with van der Waals surface area (Å²) < 4.78 is 5.29. The molecular formula is C15H17N3O3S. The third-order valence-corrected chi connectivity index (χ3v) is 4.64. The molecule has 1 aliphatic rings. The maximum atomic E-state index is 12.7. The third kappa shape index (κ3) is 3.04. The van der Waals surface area contributed by atoms with Crippen LogP contribution >= 0.6 is 11.3 Å². The molecule has 0 saturated carbocycles. The van der Waals surface area contributed by atoms with Crippen LogP contribution in [0.5, 0.6) is 0 Å². The molecule has 1 aliphatic heterocycles. The minimum absolute atomic E-state index is 0.118. The van der Waals surface area contributed by atoms with Crippen molar-refractivity contribution in [2.45, 2.75) is 31.7 Å². The fourth-order valence-corrected chi connectivity index (χ4v) is 3.51. The van der Waals surface area contributed by atoms with Crippen molar-refractivity contribution in [3.05, 3.63) is 29.5 Å². The number of carbonyl (C=O) groups is 2. The molecule has 2 aromatic rings. The topological polar surface area (TPSA) is 89.4 Å². The molecule has 0 radical (unpaired) electrons. The number of thiazole rings is 1. The van der Waals surface area contributed by atoms with Crippen LogP contribution in [0.4, 0.5) is 0 Å². The van der Waals surface area contributed by atoms with Crippen molar-refractivity contribution in [2.24, 2.45) is 5.73 Å². The second kappa shape index (κ2) is 6.31. The highest BCUT2D eigenvalue weighted by atomic mass is 32.1. The number of nitrogens with zero attached hydrogens (tertiary/aromatic N) is 2. The van der Waals surface area contributed by atoms with Gasteiger partial charge in [0.25, 0.3) is 5.91 Å². The van der Waals surface area contributed by atoms with E-state index in [9.17, 15) is 9.59 Å². The summed E-state index contributed by atoms with van der Waals surface area (Å²) >= 11 is 1.37. The zero-order chi connectivity index (χ0) is 15.5. The van der Waals surface area contributed by atoms with Gasteiger partial charge in [-0.2, -0.15) is 0 Å². The number of furan rings is 1. The average Bonchev–Trinajstić information content (AvgIpc) is 3.17. The molecule has 2 aromatic heterocycles. The van der Waals surface area contributed by atoms with Crippen molar-refractivity contribution >= 4 is 23.2 Å². The van der Waals surface area contributed by atoms with E-state index >= 15 is 0 Å². The molecule has 0 unspecified atom stereocenters. The average molecular weight is 319 g/mol. The highest BCUT2D eigenvalue weighted by Gasteiger charge is 2.30. The number of hydrogen-bond donors (Lipinski definition) is 1. The molecule has 0 aromatic carbocycles. The number of aromatic nitrogens is 1. The first-order valence-corrected chi connectivity index (χ1v) is 8.12. The lowest BCUT2D eigenvalue weighted by Crippen LogP contribution is -2.45. The Morgan fingerprint density at radius 1 is 1.45 bits per heavy atom. The van der Waals surface area contributed by atoms with Crippen LogP contribution in [0.2, 0.25) is 0 Å². The first-order chi connectivity index (χ1) is 10.6. The Balaban J connectivity index is 1.78. The standard InChI is InChI=1S/C15H17N3O3S/c16-13(19)8-10-4-1-2-6-18(10)15(20)11-9-22-14(17-11)12-5-3-7-21-12/h3,5,7,9-10H,1-2,4,6,8H2,(H2,16,19)/t10-/m0/s1. The smallest absolute Gasteiger partial charge is 0.273 e. The summed E-state index contributed by atoms with van der Waals surface area (Å²) in [4.78, 5) is 29.9. The second-order valence-corrected chi connectivity index (χ2v) is 6.19.